The molecule has 26 heavy (non-hydrogen) atoms. The number of benzene rings is 1. The van der Waals surface area contributed by atoms with E-state index in [9.17, 15) is 0 Å². The summed E-state index contributed by atoms with van der Waals surface area (Å²) < 4.78 is 5.12. The largest absolute Gasteiger partial charge is 0.369 e. The van der Waals surface area contributed by atoms with Gasteiger partial charge in [0.25, 0.3) is 0 Å². The number of aromatic nitrogens is 2. The number of hydrogen-bond acceptors (Lipinski definition) is 5. The van der Waals surface area contributed by atoms with Gasteiger partial charge >= 0.3 is 0 Å². The van der Waals surface area contributed by atoms with Gasteiger partial charge in [-0.05, 0) is 31.9 Å². The fourth-order valence-corrected chi connectivity index (χ4v) is 3.03. The minimum atomic E-state index is 0. The number of hydrogen-bond donors (Lipinski definition) is 2. The molecule has 0 spiro atoms. The Hall–Kier alpha value is -1.84. The second-order valence-electron chi connectivity index (χ2n) is 6.25. The molecule has 142 valence electrons. The Morgan fingerprint density at radius 3 is 2.85 bits per heavy atom. The number of aryl methyl sites for hydroxylation is 2. The van der Waals surface area contributed by atoms with Crippen molar-refractivity contribution in [3.05, 3.63) is 42.0 Å². The highest BCUT2D eigenvalue weighted by Gasteiger charge is 2.23. The second-order valence-corrected chi connectivity index (χ2v) is 6.25. The molecule has 0 saturated carbocycles. The first kappa shape index (κ1) is 20.5. The van der Waals surface area contributed by atoms with E-state index in [1.807, 2.05) is 6.92 Å². The average Bonchev–Trinajstić information content (AvgIpc) is 3.27. The van der Waals surface area contributed by atoms with Crippen molar-refractivity contribution in [2.75, 3.05) is 31.6 Å². The lowest BCUT2D eigenvalue weighted by molar-refractivity contribution is 0.372. The number of nitrogens with one attached hydrogen (secondary N) is 2. The van der Waals surface area contributed by atoms with Crippen LogP contribution >= 0.6 is 24.0 Å². The normalized spacial score (nSPS) is 17.1. The van der Waals surface area contributed by atoms with Gasteiger partial charge in [-0.2, -0.15) is 4.98 Å². The molecule has 1 aliphatic rings. The summed E-state index contributed by atoms with van der Waals surface area (Å²) in [5.74, 6) is 2.22. The van der Waals surface area contributed by atoms with Crippen LogP contribution in [0.25, 0.3) is 0 Å². The molecule has 2 aromatic rings. The number of aliphatic imine (C=N–C) groups is 1. The smallest absolute Gasteiger partial charge is 0.226 e. The Labute approximate surface area is 171 Å². The highest BCUT2D eigenvalue weighted by Crippen LogP contribution is 2.19. The quantitative estimate of drug-likeness (QED) is 0.292. The van der Waals surface area contributed by atoms with Crippen LogP contribution in [0.4, 0.5) is 5.69 Å². The summed E-state index contributed by atoms with van der Waals surface area (Å²) in [6, 6.07) is 11.0. The lowest BCUT2D eigenvalue weighted by atomic mass is 10.2. The number of nitrogens with zero attached hydrogens (tertiary/aromatic N) is 4. The average molecular weight is 470 g/mol. The van der Waals surface area contributed by atoms with E-state index in [1.54, 1.807) is 7.05 Å². The molecular weight excluding hydrogens is 443 g/mol. The minimum absolute atomic E-state index is 0. The summed E-state index contributed by atoms with van der Waals surface area (Å²) >= 11 is 0. The van der Waals surface area contributed by atoms with Crippen molar-refractivity contribution in [2.45, 2.75) is 32.2 Å². The van der Waals surface area contributed by atoms with Gasteiger partial charge < -0.3 is 20.1 Å². The summed E-state index contributed by atoms with van der Waals surface area (Å²) in [6.45, 7) is 4.70. The Morgan fingerprint density at radius 1 is 1.35 bits per heavy atom. The SMILES string of the molecule is CN=C(NCCCc1nc(C)no1)NC1CCN(c2ccccc2)C1.I. The highest BCUT2D eigenvalue weighted by molar-refractivity contribution is 14.0. The summed E-state index contributed by atoms with van der Waals surface area (Å²) in [6.07, 6.45) is 2.80. The third-order valence-electron chi connectivity index (χ3n) is 4.30. The van der Waals surface area contributed by atoms with Crippen molar-refractivity contribution in [3.8, 4) is 0 Å². The van der Waals surface area contributed by atoms with Crippen LogP contribution < -0.4 is 15.5 Å². The van der Waals surface area contributed by atoms with Crippen LogP contribution in [-0.2, 0) is 6.42 Å². The summed E-state index contributed by atoms with van der Waals surface area (Å²) in [5, 5.41) is 10.7. The molecule has 0 amide bonds. The Bertz CT molecular complexity index is 690. The lowest BCUT2D eigenvalue weighted by Gasteiger charge is -2.20. The van der Waals surface area contributed by atoms with Gasteiger partial charge in [-0.25, -0.2) is 0 Å². The lowest BCUT2D eigenvalue weighted by Crippen LogP contribution is -2.44. The molecule has 1 aliphatic heterocycles. The third-order valence-corrected chi connectivity index (χ3v) is 4.30. The molecule has 3 rings (SSSR count). The number of rotatable bonds is 6. The molecule has 1 fully saturated rings. The summed E-state index contributed by atoms with van der Waals surface area (Å²) in [7, 11) is 1.81. The van der Waals surface area contributed by atoms with Gasteiger partial charge in [-0.1, -0.05) is 23.4 Å². The van der Waals surface area contributed by atoms with Crippen LogP contribution in [0.15, 0.2) is 39.8 Å². The summed E-state index contributed by atoms with van der Waals surface area (Å²) in [5.41, 5.74) is 1.28. The van der Waals surface area contributed by atoms with Gasteiger partial charge in [-0.15, -0.1) is 24.0 Å². The van der Waals surface area contributed by atoms with Gasteiger partial charge in [0.2, 0.25) is 5.89 Å². The van der Waals surface area contributed by atoms with Crippen LogP contribution in [0.1, 0.15) is 24.6 Å². The second kappa shape index (κ2) is 10.3. The molecule has 2 N–H and O–H groups in total. The van der Waals surface area contributed by atoms with E-state index in [2.05, 4.69) is 61.0 Å². The van der Waals surface area contributed by atoms with E-state index in [-0.39, 0.29) is 24.0 Å². The van der Waals surface area contributed by atoms with Gasteiger partial charge in [0.15, 0.2) is 11.8 Å². The predicted octanol–water partition coefficient (Wildman–Crippen LogP) is 2.37. The van der Waals surface area contributed by atoms with Gasteiger partial charge in [0, 0.05) is 44.8 Å². The van der Waals surface area contributed by atoms with E-state index in [0.29, 0.717) is 17.8 Å². The van der Waals surface area contributed by atoms with E-state index in [0.717, 1.165) is 44.9 Å². The maximum absolute atomic E-state index is 5.12. The third kappa shape index (κ3) is 5.86. The van der Waals surface area contributed by atoms with Crippen molar-refractivity contribution >= 4 is 35.6 Å². The van der Waals surface area contributed by atoms with E-state index in [4.69, 9.17) is 4.52 Å². The van der Waals surface area contributed by atoms with Crippen LogP contribution in [-0.4, -0.2) is 48.8 Å². The zero-order chi connectivity index (χ0) is 17.5. The van der Waals surface area contributed by atoms with Gasteiger partial charge in [0.05, 0.1) is 0 Å². The van der Waals surface area contributed by atoms with Crippen LogP contribution in [0.5, 0.6) is 0 Å². The maximum Gasteiger partial charge on any atom is 0.226 e. The Balaban J connectivity index is 0.00000243. The molecule has 1 unspecified atom stereocenters. The number of anilines is 1. The van der Waals surface area contributed by atoms with Gasteiger partial charge in [-0.3, -0.25) is 4.99 Å². The fourth-order valence-electron chi connectivity index (χ4n) is 3.03. The fraction of sp³-hybridized carbons (Fsp3) is 0.500. The molecular formula is C18H27IN6O. The molecule has 1 aromatic carbocycles. The summed E-state index contributed by atoms with van der Waals surface area (Å²) in [4.78, 5) is 10.9. The first-order valence-electron chi connectivity index (χ1n) is 8.81. The maximum atomic E-state index is 5.12. The van der Waals surface area contributed by atoms with Crippen molar-refractivity contribution in [1.29, 1.82) is 0 Å². The molecule has 0 radical (unpaired) electrons. The zero-order valence-corrected chi connectivity index (χ0v) is 17.6. The van der Waals surface area contributed by atoms with Gasteiger partial charge in [0.1, 0.15) is 0 Å². The monoisotopic (exact) mass is 470 g/mol. The standard InChI is InChI=1S/C18H26N6O.HI/c1-14-21-17(25-23-14)9-6-11-20-18(19-2)22-15-10-12-24(13-15)16-7-4-3-5-8-16;/h3-5,7-8,15H,6,9-13H2,1-2H3,(H2,19,20,22);1H. The van der Waals surface area contributed by atoms with Crippen molar-refractivity contribution in [2.24, 2.45) is 4.99 Å². The van der Waals surface area contributed by atoms with E-state index >= 15 is 0 Å². The Kier molecular flexibility index (Phi) is 8.14. The van der Waals surface area contributed by atoms with E-state index < -0.39 is 0 Å². The van der Waals surface area contributed by atoms with Crippen LogP contribution in [0.2, 0.25) is 0 Å². The first-order chi connectivity index (χ1) is 12.2. The molecule has 8 heteroatoms. The molecule has 2 heterocycles. The molecule has 1 atom stereocenters. The van der Waals surface area contributed by atoms with Crippen molar-refractivity contribution < 1.29 is 4.52 Å². The number of guanidine groups is 1. The molecule has 0 aliphatic carbocycles. The number of para-hydroxylation sites is 1. The van der Waals surface area contributed by atoms with E-state index in [1.165, 1.54) is 5.69 Å². The zero-order valence-electron chi connectivity index (χ0n) is 15.3. The molecule has 7 nitrogen and oxygen atoms in total. The van der Waals surface area contributed by atoms with Crippen molar-refractivity contribution in [1.82, 2.24) is 20.8 Å². The minimum Gasteiger partial charge on any atom is -0.369 e. The molecule has 1 aromatic heterocycles. The Morgan fingerprint density at radius 2 is 2.15 bits per heavy atom. The molecule has 1 saturated heterocycles. The van der Waals surface area contributed by atoms with Crippen molar-refractivity contribution in [3.63, 3.8) is 0 Å². The van der Waals surface area contributed by atoms with Crippen LogP contribution in [0, 0.1) is 6.92 Å². The predicted molar refractivity (Wildman–Crippen MR) is 114 cm³/mol. The number of halogens is 1. The topological polar surface area (TPSA) is 78.6 Å². The highest BCUT2D eigenvalue weighted by atomic mass is 127. The van der Waals surface area contributed by atoms with Crippen LogP contribution in [0.3, 0.4) is 0 Å². The molecule has 0 bridgehead atoms. The first-order valence-corrected chi connectivity index (χ1v) is 8.81.